The van der Waals surface area contributed by atoms with Gasteiger partial charge in [-0.2, -0.15) is 0 Å². The molecule has 0 unspecified atom stereocenters. The minimum Gasteiger partial charge on any atom is -0.477 e. The second-order valence-electron chi connectivity index (χ2n) is 3.24. The Kier molecular flexibility index (Phi) is 3.96. The first-order valence-electron chi connectivity index (χ1n) is 4.80. The number of carbonyl (C=O) groups is 2. The van der Waals surface area contributed by atoms with Crippen LogP contribution in [0.3, 0.4) is 0 Å². The second-order valence-corrected chi connectivity index (χ2v) is 3.24. The summed E-state index contributed by atoms with van der Waals surface area (Å²) in [5.41, 5.74) is 5.87. The summed E-state index contributed by atoms with van der Waals surface area (Å²) in [6.07, 6.45) is 1.82. The highest BCUT2D eigenvalue weighted by Crippen LogP contribution is 2.06. The zero-order chi connectivity index (χ0) is 12.1. The van der Waals surface area contributed by atoms with Crippen molar-refractivity contribution in [3.8, 4) is 0 Å². The number of rotatable bonds is 4. The molecule has 0 radical (unpaired) electrons. The number of carboxylic acid groups (broad SMARTS) is 1. The monoisotopic (exact) mass is 223 g/mol. The fourth-order valence-corrected chi connectivity index (χ4v) is 1.01. The molecule has 0 saturated heterocycles. The topological polar surface area (TPSA) is 105 Å². The highest BCUT2D eigenvalue weighted by Gasteiger charge is 2.11. The average molecular weight is 223 g/mol. The number of anilines is 1. The normalized spacial score (nSPS) is 11.9. The molecule has 1 aromatic rings. The van der Waals surface area contributed by atoms with E-state index in [-0.39, 0.29) is 11.6 Å². The van der Waals surface area contributed by atoms with E-state index in [0.29, 0.717) is 12.1 Å². The van der Waals surface area contributed by atoms with Crippen molar-refractivity contribution in [3.63, 3.8) is 0 Å². The summed E-state index contributed by atoms with van der Waals surface area (Å²) in [5.74, 6) is -1.42. The Morgan fingerprint density at radius 2 is 2.25 bits per heavy atom. The minimum absolute atomic E-state index is 0.0715. The molecule has 0 aliphatic rings. The first-order chi connectivity index (χ1) is 7.54. The molecule has 6 nitrogen and oxygen atoms in total. The third-order valence-electron chi connectivity index (χ3n) is 2.03. The van der Waals surface area contributed by atoms with Crippen molar-refractivity contribution < 1.29 is 14.7 Å². The van der Waals surface area contributed by atoms with Gasteiger partial charge in [-0.05, 0) is 18.6 Å². The van der Waals surface area contributed by atoms with Crippen LogP contribution in [-0.2, 0) is 4.79 Å². The third-order valence-corrected chi connectivity index (χ3v) is 2.03. The minimum atomic E-state index is -1.11. The fourth-order valence-electron chi connectivity index (χ4n) is 1.01. The molecular formula is C10H13N3O3. The maximum atomic E-state index is 11.4. The molecule has 16 heavy (non-hydrogen) atoms. The van der Waals surface area contributed by atoms with E-state index in [0.717, 1.165) is 0 Å². The molecule has 0 aliphatic heterocycles. The Morgan fingerprint density at radius 1 is 1.56 bits per heavy atom. The van der Waals surface area contributed by atoms with Gasteiger partial charge < -0.3 is 16.2 Å². The van der Waals surface area contributed by atoms with E-state index in [1.54, 1.807) is 6.92 Å². The molecule has 1 heterocycles. The maximum Gasteiger partial charge on any atom is 0.354 e. The summed E-state index contributed by atoms with van der Waals surface area (Å²) in [5, 5.41) is 11.2. The van der Waals surface area contributed by atoms with Crippen molar-refractivity contribution in [2.75, 3.05) is 5.32 Å². The van der Waals surface area contributed by atoms with E-state index in [9.17, 15) is 9.59 Å². The predicted octanol–water partition coefficient (Wildman–Crippen LogP) is 0.456. The van der Waals surface area contributed by atoms with E-state index in [2.05, 4.69) is 10.3 Å². The van der Waals surface area contributed by atoms with Crippen molar-refractivity contribution in [1.82, 2.24) is 4.98 Å². The van der Waals surface area contributed by atoms with Crippen LogP contribution in [0.1, 0.15) is 23.8 Å². The number of amides is 1. The summed E-state index contributed by atoms with van der Waals surface area (Å²) < 4.78 is 0. The van der Waals surface area contributed by atoms with E-state index < -0.39 is 12.0 Å². The van der Waals surface area contributed by atoms with E-state index in [1.807, 2.05) is 0 Å². The number of nitrogens with zero attached hydrogens (tertiary/aromatic N) is 1. The van der Waals surface area contributed by atoms with Crippen molar-refractivity contribution in [2.24, 2.45) is 5.73 Å². The lowest BCUT2D eigenvalue weighted by Crippen LogP contribution is -2.34. The second kappa shape index (κ2) is 5.22. The molecule has 0 aliphatic carbocycles. The van der Waals surface area contributed by atoms with Gasteiger partial charge in [0.1, 0.15) is 5.69 Å². The molecule has 6 heteroatoms. The van der Waals surface area contributed by atoms with Gasteiger partial charge in [0.05, 0.1) is 17.9 Å². The molecule has 0 spiro atoms. The zero-order valence-corrected chi connectivity index (χ0v) is 8.80. The summed E-state index contributed by atoms with van der Waals surface area (Å²) in [7, 11) is 0. The number of hydrogen-bond acceptors (Lipinski definition) is 4. The largest absolute Gasteiger partial charge is 0.477 e. The van der Waals surface area contributed by atoms with E-state index in [1.165, 1.54) is 18.3 Å². The lowest BCUT2D eigenvalue weighted by atomic mass is 10.2. The van der Waals surface area contributed by atoms with Gasteiger partial charge in [0, 0.05) is 0 Å². The highest BCUT2D eigenvalue weighted by atomic mass is 16.4. The van der Waals surface area contributed by atoms with Crippen LogP contribution in [0.5, 0.6) is 0 Å². The lowest BCUT2D eigenvalue weighted by molar-refractivity contribution is -0.117. The molecule has 86 valence electrons. The molecule has 1 aromatic heterocycles. The number of carboxylic acids is 1. The average Bonchev–Trinajstić information content (AvgIpc) is 2.28. The molecule has 0 saturated carbocycles. The van der Waals surface area contributed by atoms with Crippen molar-refractivity contribution in [3.05, 3.63) is 24.0 Å². The van der Waals surface area contributed by atoms with Crippen LogP contribution in [-0.4, -0.2) is 28.0 Å². The summed E-state index contributed by atoms with van der Waals surface area (Å²) in [6, 6.07) is 2.21. The SMILES string of the molecule is CC[C@H](N)C(=O)Nc1ccc(C(=O)O)nc1. The fraction of sp³-hybridized carbons (Fsp3) is 0.300. The lowest BCUT2D eigenvalue weighted by Gasteiger charge is -2.09. The Hall–Kier alpha value is -1.95. The molecule has 0 aromatic carbocycles. The smallest absolute Gasteiger partial charge is 0.354 e. The van der Waals surface area contributed by atoms with E-state index in [4.69, 9.17) is 10.8 Å². The number of aromatic nitrogens is 1. The number of nitrogens with one attached hydrogen (secondary N) is 1. The third kappa shape index (κ3) is 3.03. The standard InChI is InChI=1S/C10H13N3O3/c1-2-7(11)9(14)13-6-3-4-8(10(15)16)12-5-6/h3-5,7H,2,11H2,1H3,(H,13,14)(H,15,16)/t7-/m0/s1. The van der Waals surface area contributed by atoms with Crippen molar-refractivity contribution in [2.45, 2.75) is 19.4 Å². The quantitative estimate of drug-likeness (QED) is 0.687. The number of carbonyl (C=O) groups excluding carboxylic acids is 1. The van der Waals surface area contributed by atoms with Gasteiger partial charge >= 0.3 is 5.97 Å². The van der Waals surface area contributed by atoms with Crippen LogP contribution in [0.2, 0.25) is 0 Å². The number of pyridine rings is 1. The predicted molar refractivity (Wildman–Crippen MR) is 58.1 cm³/mol. The van der Waals surface area contributed by atoms with Crippen molar-refractivity contribution in [1.29, 1.82) is 0 Å². The summed E-state index contributed by atoms with van der Waals surface area (Å²) >= 11 is 0. The molecule has 1 atom stereocenters. The van der Waals surface area contributed by atoms with Gasteiger partial charge in [0.25, 0.3) is 0 Å². The summed E-state index contributed by atoms with van der Waals surface area (Å²) in [6.45, 7) is 1.80. The van der Waals surface area contributed by atoms with Gasteiger partial charge in [0.2, 0.25) is 5.91 Å². The highest BCUT2D eigenvalue weighted by molar-refractivity contribution is 5.94. The molecular weight excluding hydrogens is 210 g/mol. The van der Waals surface area contributed by atoms with Crippen LogP contribution < -0.4 is 11.1 Å². The van der Waals surface area contributed by atoms with E-state index >= 15 is 0 Å². The Balaban J connectivity index is 2.69. The molecule has 0 fully saturated rings. The summed E-state index contributed by atoms with van der Waals surface area (Å²) in [4.78, 5) is 25.6. The number of nitrogens with two attached hydrogens (primary N) is 1. The first kappa shape index (κ1) is 12.1. The van der Waals surface area contributed by atoms with Gasteiger partial charge in [-0.1, -0.05) is 6.92 Å². The van der Waals surface area contributed by atoms with Gasteiger partial charge in [0.15, 0.2) is 0 Å². The van der Waals surface area contributed by atoms with Crippen molar-refractivity contribution >= 4 is 17.6 Å². The number of hydrogen-bond donors (Lipinski definition) is 3. The van der Waals surface area contributed by atoms with Gasteiger partial charge in [-0.25, -0.2) is 9.78 Å². The molecule has 1 amide bonds. The molecule has 4 N–H and O–H groups in total. The Bertz CT molecular complexity index is 389. The van der Waals surface area contributed by atoms with Crippen LogP contribution >= 0.6 is 0 Å². The molecule has 0 bridgehead atoms. The Labute approximate surface area is 92.5 Å². The van der Waals surface area contributed by atoms with Crippen LogP contribution in [0.4, 0.5) is 5.69 Å². The molecule has 1 rings (SSSR count). The number of aromatic carboxylic acids is 1. The zero-order valence-electron chi connectivity index (χ0n) is 8.80. The van der Waals surface area contributed by atoms with Crippen LogP contribution in [0.25, 0.3) is 0 Å². The maximum absolute atomic E-state index is 11.4. The van der Waals surface area contributed by atoms with Gasteiger partial charge in [-0.3, -0.25) is 4.79 Å². The van der Waals surface area contributed by atoms with Crippen LogP contribution in [0, 0.1) is 0 Å². The van der Waals surface area contributed by atoms with Gasteiger partial charge in [-0.15, -0.1) is 0 Å². The van der Waals surface area contributed by atoms with Crippen LogP contribution in [0.15, 0.2) is 18.3 Å². The first-order valence-corrected chi connectivity index (χ1v) is 4.80. The Morgan fingerprint density at radius 3 is 2.69 bits per heavy atom.